The first-order valence-electron chi connectivity index (χ1n) is 8.63. The van der Waals surface area contributed by atoms with E-state index in [2.05, 4.69) is 13.8 Å². The molecule has 1 aliphatic carbocycles. The van der Waals surface area contributed by atoms with Crippen molar-refractivity contribution in [3.8, 4) is 5.75 Å². The molecule has 0 heterocycles. The summed E-state index contributed by atoms with van der Waals surface area (Å²) in [5.41, 5.74) is 2.07. The van der Waals surface area contributed by atoms with Gasteiger partial charge in [-0.1, -0.05) is 33.8 Å². The van der Waals surface area contributed by atoms with Crippen molar-refractivity contribution in [3.05, 3.63) is 35.1 Å². The smallest absolute Gasteiger partial charge is 0.167 e. The van der Waals surface area contributed by atoms with Crippen molar-refractivity contribution in [3.63, 3.8) is 0 Å². The molecule has 0 aliphatic heterocycles. The van der Waals surface area contributed by atoms with Crippen LogP contribution in [0.2, 0.25) is 0 Å². The van der Waals surface area contributed by atoms with Gasteiger partial charge in [-0.15, -0.1) is 0 Å². The molecule has 1 unspecified atom stereocenters. The van der Waals surface area contributed by atoms with E-state index >= 15 is 0 Å². The standard InChI is InChI=1S/C20H28O3/c1-5-15-8-9-16(21)11-17(15)19-18(22)10-12(2)6-7-13(3)14(4)20(19)23/h8-9,11-14,21,23H,5-7,10H2,1-4H3/b20-19+/t12-,13+,14?/m1/s1. The van der Waals surface area contributed by atoms with Crippen molar-refractivity contribution >= 4 is 11.4 Å². The lowest BCUT2D eigenvalue weighted by Crippen LogP contribution is -2.15. The quantitative estimate of drug-likeness (QED) is 0.817. The fraction of sp³-hybridized carbons (Fsp3) is 0.550. The molecule has 0 spiro atoms. The Labute approximate surface area is 139 Å². The van der Waals surface area contributed by atoms with E-state index in [1.807, 2.05) is 19.9 Å². The van der Waals surface area contributed by atoms with Gasteiger partial charge in [-0.25, -0.2) is 0 Å². The molecule has 1 aromatic rings. The van der Waals surface area contributed by atoms with Crippen LogP contribution < -0.4 is 0 Å². The number of ketones is 1. The monoisotopic (exact) mass is 316 g/mol. The summed E-state index contributed by atoms with van der Waals surface area (Å²) in [4.78, 5) is 12.9. The molecule has 0 amide bonds. The third kappa shape index (κ3) is 3.77. The Bertz CT molecular complexity index is 615. The predicted octanol–water partition coefficient (Wildman–Crippen LogP) is 4.89. The molecule has 2 rings (SSSR count). The number of phenolic OH excluding ortho intramolecular Hbond substituents is 1. The van der Waals surface area contributed by atoms with Gasteiger partial charge in [0.05, 0.1) is 5.57 Å². The van der Waals surface area contributed by atoms with E-state index in [1.54, 1.807) is 12.1 Å². The maximum atomic E-state index is 12.9. The molecule has 23 heavy (non-hydrogen) atoms. The molecule has 0 fully saturated rings. The number of rotatable bonds is 2. The number of phenols is 1. The summed E-state index contributed by atoms with van der Waals surface area (Å²) in [6.45, 7) is 8.22. The van der Waals surface area contributed by atoms with Gasteiger partial charge < -0.3 is 10.2 Å². The van der Waals surface area contributed by atoms with Crippen LogP contribution in [0.15, 0.2) is 24.0 Å². The van der Waals surface area contributed by atoms with Crippen LogP contribution in [0.5, 0.6) is 5.75 Å². The predicted molar refractivity (Wildman–Crippen MR) is 93.4 cm³/mol. The summed E-state index contributed by atoms with van der Waals surface area (Å²) in [5, 5.41) is 20.7. The van der Waals surface area contributed by atoms with Crippen LogP contribution in [0.3, 0.4) is 0 Å². The fourth-order valence-electron chi connectivity index (χ4n) is 3.35. The molecule has 3 atom stereocenters. The van der Waals surface area contributed by atoms with Gasteiger partial charge in [0.25, 0.3) is 0 Å². The average Bonchev–Trinajstić information content (AvgIpc) is 2.54. The highest BCUT2D eigenvalue weighted by atomic mass is 16.3. The topological polar surface area (TPSA) is 57.5 Å². The Kier molecular flexibility index (Phi) is 5.51. The van der Waals surface area contributed by atoms with Crippen molar-refractivity contribution in [1.82, 2.24) is 0 Å². The maximum Gasteiger partial charge on any atom is 0.167 e. The molecule has 0 saturated carbocycles. The Morgan fingerprint density at radius 3 is 2.48 bits per heavy atom. The highest BCUT2D eigenvalue weighted by molar-refractivity contribution is 6.21. The largest absolute Gasteiger partial charge is 0.511 e. The minimum Gasteiger partial charge on any atom is -0.511 e. The number of aliphatic hydroxyl groups is 1. The molecule has 2 N–H and O–H groups in total. The molecule has 1 aliphatic rings. The number of hydrogen-bond acceptors (Lipinski definition) is 3. The van der Waals surface area contributed by atoms with Crippen LogP contribution in [0.25, 0.3) is 5.57 Å². The number of carbonyl (C=O) groups is 1. The lowest BCUT2D eigenvalue weighted by molar-refractivity contribution is -0.114. The van der Waals surface area contributed by atoms with Gasteiger partial charge in [-0.3, -0.25) is 4.79 Å². The summed E-state index contributed by atoms with van der Waals surface area (Å²) in [6, 6.07) is 5.08. The maximum absolute atomic E-state index is 12.9. The Balaban J connectivity index is 2.64. The zero-order valence-electron chi connectivity index (χ0n) is 14.6. The third-order valence-corrected chi connectivity index (χ3v) is 5.21. The Morgan fingerprint density at radius 2 is 1.83 bits per heavy atom. The van der Waals surface area contributed by atoms with Crippen LogP contribution in [-0.2, 0) is 11.2 Å². The normalized spacial score (nSPS) is 29.7. The highest BCUT2D eigenvalue weighted by Gasteiger charge is 2.29. The van der Waals surface area contributed by atoms with Crippen molar-refractivity contribution in [2.45, 2.75) is 53.4 Å². The SMILES string of the molecule is CCc1ccc(O)cc1/C1=C(\O)C(C)[C@@H](C)CC[C@@H](C)CC1=O. The lowest BCUT2D eigenvalue weighted by Gasteiger charge is -2.21. The summed E-state index contributed by atoms with van der Waals surface area (Å²) >= 11 is 0. The number of Topliss-reactive ketones (excluding diaryl/α,β-unsaturated/α-hetero) is 1. The number of carbonyl (C=O) groups excluding carboxylic acids is 1. The van der Waals surface area contributed by atoms with E-state index < -0.39 is 0 Å². The van der Waals surface area contributed by atoms with Gasteiger partial charge in [0, 0.05) is 12.3 Å². The van der Waals surface area contributed by atoms with E-state index in [1.165, 1.54) is 0 Å². The zero-order valence-corrected chi connectivity index (χ0v) is 14.6. The molecule has 3 nitrogen and oxygen atoms in total. The lowest BCUT2D eigenvalue weighted by atomic mass is 9.85. The Hall–Kier alpha value is -1.77. The number of aryl methyl sites for hydroxylation is 1. The molecule has 0 radical (unpaired) electrons. The molecular weight excluding hydrogens is 288 g/mol. The molecule has 0 saturated heterocycles. The minimum absolute atomic E-state index is 0.0174. The first-order valence-corrected chi connectivity index (χ1v) is 8.63. The number of benzene rings is 1. The van der Waals surface area contributed by atoms with Gasteiger partial charge in [0.2, 0.25) is 0 Å². The van der Waals surface area contributed by atoms with Crippen molar-refractivity contribution in [2.24, 2.45) is 17.8 Å². The third-order valence-electron chi connectivity index (χ3n) is 5.21. The number of aromatic hydroxyl groups is 1. The van der Waals surface area contributed by atoms with Crippen molar-refractivity contribution < 1.29 is 15.0 Å². The zero-order chi connectivity index (χ0) is 17.1. The fourth-order valence-corrected chi connectivity index (χ4v) is 3.35. The molecular formula is C20H28O3. The van der Waals surface area contributed by atoms with Crippen molar-refractivity contribution in [1.29, 1.82) is 0 Å². The first kappa shape index (κ1) is 17.6. The summed E-state index contributed by atoms with van der Waals surface area (Å²) < 4.78 is 0. The van der Waals surface area contributed by atoms with Gasteiger partial charge in [0.15, 0.2) is 5.78 Å². The number of aliphatic hydroxyl groups excluding tert-OH is 1. The van der Waals surface area contributed by atoms with Gasteiger partial charge in [-0.05, 0) is 54.4 Å². The van der Waals surface area contributed by atoms with Crippen LogP contribution in [0.4, 0.5) is 0 Å². The van der Waals surface area contributed by atoms with Crippen LogP contribution in [0, 0.1) is 17.8 Å². The molecule has 1 aromatic carbocycles. The van der Waals surface area contributed by atoms with Crippen LogP contribution >= 0.6 is 0 Å². The van der Waals surface area contributed by atoms with Crippen LogP contribution in [0.1, 0.15) is 58.1 Å². The van der Waals surface area contributed by atoms with Crippen molar-refractivity contribution in [2.75, 3.05) is 0 Å². The van der Waals surface area contributed by atoms with E-state index in [4.69, 9.17) is 0 Å². The minimum atomic E-state index is -0.0636. The van der Waals surface area contributed by atoms with Gasteiger partial charge >= 0.3 is 0 Å². The van der Waals surface area contributed by atoms with E-state index in [0.717, 1.165) is 24.8 Å². The molecule has 3 heteroatoms. The average molecular weight is 316 g/mol. The second-order valence-corrected chi connectivity index (χ2v) is 7.03. The summed E-state index contributed by atoms with van der Waals surface area (Å²) in [6.07, 6.45) is 3.20. The summed E-state index contributed by atoms with van der Waals surface area (Å²) in [7, 11) is 0. The van der Waals surface area contributed by atoms with Gasteiger partial charge in [0.1, 0.15) is 11.5 Å². The molecule has 0 bridgehead atoms. The molecule has 126 valence electrons. The Morgan fingerprint density at radius 1 is 1.13 bits per heavy atom. The molecule has 0 aromatic heterocycles. The van der Waals surface area contributed by atoms with E-state index in [9.17, 15) is 15.0 Å². The number of allylic oxidation sites excluding steroid dienone is 2. The van der Waals surface area contributed by atoms with Crippen LogP contribution in [-0.4, -0.2) is 16.0 Å². The van der Waals surface area contributed by atoms with E-state index in [-0.39, 0.29) is 23.2 Å². The number of hydrogen-bond donors (Lipinski definition) is 2. The second kappa shape index (κ2) is 7.20. The first-order chi connectivity index (χ1) is 10.8. The summed E-state index contributed by atoms with van der Waals surface area (Å²) in [5.74, 6) is 0.847. The highest BCUT2D eigenvalue weighted by Crippen LogP contribution is 2.36. The van der Waals surface area contributed by atoms with Gasteiger partial charge in [-0.2, -0.15) is 0 Å². The van der Waals surface area contributed by atoms with E-state index in [0.29, 0.717) is 29.4 Å². The second-order valence-electron chi connectivity index (χ2n) is 7.03.